The molecule has 0 aliphatic heterocycles. The highest BCUT2D eigenvalue weighted by molar-refractivity contribution is 6.00. The number of nitrogens with one attached hydrogen (secondary N) is 1. The van der Waals surface area contributed by atoms with E-state index >= 15 is 0 Å². The Labute approximate surface area is 201 Å². The van der Waals surface area contributed by atoms with Crippen LogP contribution in [0.2, 0.25) is 0 Å². The summed E-state index contributed by atoms with van der Waals surface area (Å²) in [5.74, 6) is -0.130. The topological polar surface area (TPSA) is 62.5 Å². The molecule has 6 heteroatoms. The fourth-order valence-corrected chi connectivity index (χ4v) is 4.27. The molecule has 4 aromatic rings. The quantitative estimate of drug-likeness (QED) is 0.352. The molecule has 0 aliphatic carbocycles. The van der Waals surface area contributed by atoms with Crippen molar-refractivity contribution in [3.05, 3.63) is 78.6 Å². The summed E-state index contributed by atoms with van der Waals surface area (Å²) in [6.07, 6.45) is 5.34. The van der Waals surface area contributed by atoms with Crippen LogP contribution in [0.3, 0.4) is 0 Å². The predicted molar refractivity (Wildman–Crippen MR) is 138 cm³/mol. The molecular formula is C28H33N5O. The van der Waals surface area contributed by atoms with Gasteiger partial charge in [-0.15, -0.1) is 0 Å². The highest BCUT2D eigenvalue weighted by Crippen LogP contribution is 2.25. The van der Waals surface area contributed by atoms with Gasteiger partial charge >= 0.3 is 0 Å². The Morgan fingerprint density at radius 1 is 0.971 bits per heavy atom. The molecule has 0 aliphatic rings. The van der Waals surface area contributed by atoms with Crippen molar-refractivity contribution in [1.82, 2.24) is 24.8 Å². The van der Waals surface area contributed by atoms with Gasteiger partial charge < -0.3 is 10.2 Å². The Kier molecular flexibility index (Phi) is 7.70. The number of aromatic nitrogens is 3. The molecule has 1 unspecified atom stereocenters. The van der Waals surface area contributed by atoms with E-state index in [0.29, 0.717) is 11.2 Å². The first-order valence-corrected chi connectivity index (χ1v) is 12.1. The van der Waals surface area contributed by atoms with E-state index in [1.54, 1.807) is 16.9 Å². The molecular weight excluding hydrogens is 422 g/mol. The molecule has 1 atom stereocenters. The van der Waals surface area contributed by atoms with Crippen LogP contribution >= 0.6 is 0 Å². The fraction of sp³-hybridized carbons (Fsp3) is 0.321. The second-order valence-electron chi connectivity index (χ2n) is 8.61. The van der Waals surface area contributed by atoms with Crippen LogP contribution in [-0.2, 0) is 0 Å². The van der Waals surface area contributed by atoms with Gasteiger partial charge in [-0.2, -0.15) is 5.10 Å². The zero-order valence-corrected chi connectivity index (χ0v) is 20.2. The third kappa shape index (κ3) is 5.34. The molecule has 0 spiro atoms. The molecule has 2 aromatic carbocycles. The number of carbonyl (C=O) groups is 1. The lowest BCUT2D eigenvalue weighted by molar-refractivity contribution is 0.0938. The van der Waals surface area contributed by atoms with Crippen molar-refractivity contribution >= 4 is 11.6 Å². The van der Waals surface area contributed by atoms with Gasteiger partial charge in [0.2, 0.25) is 0 Å². The van der Waals surface area contributed by atoms with Gasteiger partial charge in [-0.1, -0.05) is 68.4 Å². The first-order valence-electron chi connectivity index (χ1n) is 12.1. The molecule has 0 fully saturated rings. The SMILES string of the molecule is CCN(CC)CCCC(C)NC(=O)c1cnn2c(-c3ccc(-c4ccccc4)cc3)ccnc12. The number of benzene rings is 2. The van der Waals surface area contributed by atoms with Crippen LogP contribution in [0, 0.1) is 0 Å². The molecule has 0 bridgehead atoms. The van der Waals surface area contributed by atoms with E-state index in [2.05, 4.69) is 77.5 Å². The van der Waals surface area contributed by atoms with E-state index in [1.165, 1.54) is 5.56 Å². The Bertz CT molecular complexity index is 1210. The maximum Gasteiger partial charge on any atom is 0.256 e. The summed E-state index contributed by atoms with van der Waals surface area (Å²) in [5.41, 5.74) is 5.32. The van der Waals surface area contributed by atoms with Crippen molar-refractivity contribution in [2.75, 3.05) is 19.6 Å². The van der Waals surface area contributed by atoms with Gasteiger partial charge in [0.25, 0.3) is 5.91 Å². The molecule has 1 amide bonds. The van der Waals surface area contributed by atoms with Crippen LogP contribution in [0.15, 0.2) is 73.1 Å². The van der Waals surface area contributed by atoms with Crippen molar-refractivity contribution < 1.29 is 4.79 Å². The molecule has 34 heavy (non-hydrogen) atoms. The zero-order valence-electron chi connectivity index (χ0n) is 20.2. The third-order valence-electron chi connectivity index (χ3n) is 6.32. The Morgan fingerprint density at radius 3 is 2.35 bits per heavy atom. The van der Waals surface area contributed by atoms with E-state index in [0.717, 1.165) is 49.3 Å². The fourth-order valence-electron chi connectivity index (χ4n) is 4.27. The van der Waals surface area contributed by atoms with Crippen LogP contribution in [0.4, 0.5) is 0 Å². The van der Waals surface area contributed by atoms with Gasteiger partial charge in [0, 0.05) is 17.8 Å². The van der Waals surface area contributed by atoms with Crippen molar-refractivity contribution in [2.24, 2.45) is 0 Å². The van der Waals surface area contributed by atoms with Crippen molar-refractivity contribution in [2.45, 2.75) is 39.7 Å². The normalized spacial score (nSPS) is 12.2. The number of nitrogens with zero attached hydrogens (tertiary/aromatic N) is 4. The van der Waals surface area contributed by atoms with Gasteiger partial charge in [0.15, 0.2) is 5.65 Å². The zero-order chi connectivity index (χ0) is 23.9. The molecule has 176 valence electrons. The van der Waals surface area contributed by atoms with E-state index in [1.807, 2.05) is 24.3 Å². The summed E-state index contributed by atoms with van der Waals surface area (Å²) in [5, 5.41) is 7.62. The number of carbonyl (C=O) groups excluding carboxylic acids is 1. The lowest BCUT2D eigenvalue weighted by Gasteiger charge is -2.19. The van der Waals surface area contributed by atoms with E-state index in [-0.39, 0.29) is 11.9 Å². The van der Waals surface area contributed by atoms with Crippen molar-refractivity contribution in [3.63, 3.8) is 0 Å². The second kappa shape index (κ2) is 11.1. The second-order valence-corrected chi connectivity index (χ2v) is 8.61. The molecule has 0 radical (unpaired) electrons. The van der Waals surface area contributed by atoms with Gasteiger partial charge in [-0.25, -0.2) is 9.50 Å². The number of rotatable bonds is 10. The summed E-state index contributed by atoms with van der Waals surface area (Å²) in [6.45, 7) is 9.58. The van der Waals surface area contributed by atoms with Gasteiger partial charge in [-0.3, -0.25) is 4.79 Å². The summed E-state index contributed by atoms with van der Waals surface area (Å²) < 4.78 is 1.75. The summed E-state index contributed by atoms with van der Waals surface area (Å²) in [7, 11) is 0. The summed E-state index contributed by atoms with van der Waals surface area (Å²) in [6, 6.07) is 20.7. The average molecular weight is 456 g/mol. The minimum atomic E-state index is -0.130. The van der Waals surface area contributed by atoms with Crippen molar-refractivity contribution in [3.8, 4) is 22.4 Å². The number of hydrogen-bond acceptors (Lipinski definition) is 4. The van der Waals surface area contributed by atoms with Crippen LogP contribution in [0.25, 0.3) is 28.0 Å². The van der Waals surface area contributed by atoms with Gasteiger partial charge in [0.05, 0.1) is 11.9 Å². The maximum absolute atomic E-state index is 13.0. The predicted octanol–water partition coefficient (Wildman–Crippen LogP) is 5.30. The number of amides is 1. The van der Waals surface area contributed by atoms with E-state index < -0.39 is 0 Å². The van der Waals surface area contributed by atoms with Crippen LogP contribution < -0.4 is 5.32 Å². The smallest absolute Gasteiger partial charge is 0.256 e. The van der Waals surface area contributed by atoms with Crippen LogP contribution in [0.1, 0.15) is 44.0 Å². The summed E-state index contributed by atoms with van der Waals surface area (Å²) >= 11 is 0. The van der Waals surface area contributed by atoms with Gasteiger partial charge in [-0.05, 0) is 56.6 Å². The van der Waals surface area contributed by atoms with Crippen LogP contribution in [0.5, 0.6) is 0 Å². The highest BCUT2D eigenvalue weighted by Gasteiger charge is 2.18. The molecule has 2 heterocycles. The monoisotopic (exact) mass is 455 g/mol. The molecule has 0 saturated carbocycles. The molecule has 2 aromatic heterocycles. The molecule has 6 nitrogen and oxygen atoms in total. The van der Waals surface area contributed by atoms with E-state index in [4.69, 9.17) is 0 Å². The van der Waals surface area contributed by atoms with Crippen LogP contribution in [-0.4, -0.2) is 51.1 Å². The maximum atomic E-state index is 13.0. The largest absolute Gasteiger partial charge is 0.349 e. The molecule has 1 N–H and O–H groups in total. The van der Waals surface area contributed by atoms with Crippen molar-refractivity contribution in [1.29, 1.82) is 0 Å². The number of fused-ring (bicyclic) bond motifs is 1. The Hall–Kier alpha value is -3.51. The molecule has 4 rings (SSSR count). The first kappa shape index (κ1) is 23.6. The highest BCUT2D eigenvalue weighted by atomic mass is 16.1. The third-order valence-corrected chi connectivity index (χ3v) is 6.32. The Balaban J connectivity index is 1.48. The number of hydrogen-bond donors (Lipinski definition) is 1. The lowest BCUT2D eigenvalue weighted by Crippen LogP contribution is -2.33. The van der Waals surface area contributed by atoms with E-state index in [9.17, 15) is 4.79 Å². The minimum Gasteiger partial charge on any atom is -0.349 e. The standard InChI is InChI=1S/C28H33N5O/c1-4-32(5-2)19-9-10-21(3)31-28(34)25-20-30-33-26(17-18-29-27(25)33)24-15-13-23(14-16-24)22-11-7-6-8-12-22/h6-8,11-18,20-21H,4-5,9-10,19H2,1-3H3,(H,31,34). The Morgan fingerprint density at radius 2 is 1.65 bits per heavy atom. The summed E-state index contributed by atoms with van der Waals surface area (Å²) in [4.78, 5) is 19.8. The minimum absolute atomic E-state index is 0.0896. The molecule has 0 saturated heterocycles. The average Bonchev–Trinajstić information content (AvgIpc) is 3.32. The lowest BCUT2D eigenvalue weighted by atomic mass is 10.0. The van der Waals surface area contributed by atoms with Gasteiger partial charge in [0.1, 0.15) is 5.56 Å². The first-order chi connectivity index (χ1) is 16.6.